The van der Waals surface area contributed by atoms with Crippen molar-refractivity contribution >= 4 is 16.5 Å². The Kier molecular flexibility index (Phi) is 5.31. The fourth-order valence-corrected chi connectivity index (χ4v) is 4.36. The van der Waals surface area contributed by atoms with Crippen molar-refractivity contribution in [2.24, 2.45) is 0 Å². The van der Waals surface area contributed by atoms with Crippen LogP contribution in [0, 0.1) is 10.1 Å². The number of nitro groups is 1. The standard InChI is InChI=1S/C30H20N4O2/c35-34(36)28-14-8-7-13-26(28)23-15-16-24-19-33(20-25(24)17-23)29-18-27(21-9-3-1-4-10-21)31-30(32-29)22-11-5-2-6-12-22/h1-20H. The smallest absolute Gasteiger partial charge is 0.277 e. The molecular formula is C30H20N4O2. The van der Waals surface area contributed by atoms with Gasteiger partial charge in [0, 0.05) is 41.0 Å². The molecule has 6 aromatic rings. The van der Waals surface area contributed by atoms with Gasteiger partial charge in [-0.25, -0.2) is 9.97 Å². The predicted molar refractivity (Wildman–Crippen MR) is 142 cm³/mol. The molecule has 0 aliphatic carbocycles. The minimum Gasteiger partial charge on any atom is -0.307 e. The number of para-hydroxylation sites is 1. The zero-order valence-corrected chi connectivity index (χ0v) is 19.2. The molecule has 36 heavy (non-hydrogen) atoms. The summed E-state index contributed by atoms with van der Waals surface area (Å²) in [5, 5.41) is 13.5. The first-order valence-electron chi connectivity index (χ1n) is 11.5. The van der Waals surface area contributed by atoms with Gasteiger partial charge in [0.1, 0.15) is 5.82 Å². The van der Waals surface area contributed by atoms with Gasteiger partial charge >= 0.3 is 0 Å². The van der Waals surface area contributed by atoms with Gasteiger partial charge in [-0.05, 0) is 23.1 Å². The molecule has 0 atom stereocenters. The van der Waals surface area contributed by atoms with Crippen molar-refractivity contribution < 1.29 is 4.92 Å². The third-order valence-electron chi connectivity index (χ3n) is 6.13. The highest BCUT2D eigenvalue weighted by molar-refractivity contribution is 5.89. The monoisotopic (exact) mass is 468 g/mol. The Morgan fingerprint density at radius 3 is 2.06 bits per heavy atom. The lowest BCUT2D eigenvalue weighted by Gasteiger charge is -2.09. The maximum atomic E-state index is 11.5. The number of benzene rings is 4. The van der Waals surface area contributed by atoms with Gasteiger partial charge in [-0.1, -0.05) is 84.9 Å². The van der Waals surface area contributed by atoms with Gasteiger partial charge in [0.2, 0.25) is 0 Å². The Labute approximate surface area is 207 Å². The SMILES string of the molecule is O=[N+]([O-])c1ccccc1-c1ccc2cn(-c3cc(-c4ccccc4)nc(-c4ccccc4)n3)cc2c1. The van der Waals surface area contributed by atoms with Crippen molar-refractivity contribution in [1.82, 2.24) is 14.5 Å². The van der Waals surface area contributed by atoms with E-state index in [-0.39, 0.29) is 10.6 Å². The van der Waals surface area contributed by atoms with Crippen LogP contribution in [0.25, 0.3) is 50.4 Å². The lowest BCUT2D eigenvalue weighted by Crippen LogP contribution is -2.00. The van der Waals surface area contributed by atoms with E-state index in [1.807, 2.05) is 108 Å². The van der Waals surface area contributed by atoms with Gasteiger partial charge in [0.15, 0.2) is 5.82 Å². The van der Waals surface area contributed by atoms with Crippen molar-refractivity contribution in [3.8, 4) is 39.6 Å². The average molecular weight is 469 g/mol. The summed E-state index contributed by atoms with van der Waals surface area (Å²) in [4.78, 5) is 20.9. The minimum atomic E-state index is -0.345. The molecule has 0 aliphatic rings. The van der Waals surface area contributed by atoms with Crippen LogP contribution in [0.4, 0.5) is 5.69 Å². The van der Waals surface area contributed by atoms with Crippen LogP contribution in [0.15, 0.2) is 122 Å². The van der Waals surface area contributed by atoms with Gasteiger partial charge in [0.25, 0.3) is 5.69 Å². The molecule has 6 nitrogen and oxygen atoms in total. The van der Waals surface area contributed by atoms with E-state index in [1.165, 1.54) is 6.07 Å². The van der Waals surface area contributed by atoms with E-state index in [4.69, 9.17) is 9.97 Å². The first-order chi connectivity index (χ1) is 17.7. The molecule has 0 aliphatic heterocycles. The van der Waals surface area contributed by atoms with Gasteiger partial charge in [-0.2, -0.15) is 0 Å². The van der Waals surface area contributed by atoms with Crippen LogP contribution < -0.4 is 0 Å². The van der Waals surface area contributed by atoms with E-state index >= 15 is 0 Å². The summed E-state index contributed by atoms with van der Waals surface area (Å²) in [5.41, 5.74) is 4.26. The highest BCUT2D eigenvalue weighted by Crippen LogP contribution is 2.32. The fraction of sp³-hybridized carbons (Fsp3) is 0. The Morgan fingerprint density at radius 1 is 0.639 bits per heavy atom. The van der Waals surface area contributed by atoms with E-state index in [2.05, 4.69) is 0 Å². The highest BCUT2D eigenvalue weighted by Gasteiger charge is 2.15. The van der Waals surface area contributed by atoms with E-state index in [0.717, 1.165) is 39.0 Å². The Bertz CT molecular complexity index is 1650. The number of nitro benzene ring substituents is 1. The van der Waals surface area contributed by atoms with Crippen LogP contribution in [0.1, 0.15) is 0 Å². The van der Waals surface area contributed by atoms with Crippen LogP contribution in [0.2, 0.25) is 0 Å². The Morgan fingerprint density at radius 2 is 1.31 bits per heavy atom. The van der Waals surface area contributed by atoms with Crippen LogP contribution >= 0.6 is 0 Å². The van der Waals surface area contributed by atoms with E-state index in [9.17, 15) is 10.1 Å². The lowest BCUT2D eigenvalue weighted by molar-refractivity contribution is -0.384. The topological polar surface area (TPSA) is 73.8 Å². The maximum absolute atomic E-state index is 11.5. The zero-order chi connectivity index (χ0) is 24.5. The molecule has 6 rings (SSSR count). The van der Waals surface area contributed by atoms with Crippen molar-refractivity contribution in [3.63, 3.8) is 0 Å². The second-order valence-electron chi connectivity index (χ2n) is 8.45. The van der Waals surface area contributed by atoms with E-state index in [1.54, 1.807) is 12.1 Å². The first-order valence-corrected chi connectivity index (χ1v) is 11.5. The van der Waals surface area contributed by atoms with Crippen molar-refractivity contribution in [1.29, 1.82) is 0 Å². The molecule has 0 saturated carbocycles. The second kappa shape index (κ2) is 8.92. The average Bonchev–Trinajstić information content (AvgIpc) is 3.37. The van der Waals surface area contributed by atoms with Crippen molar-refractivity contribution in [2.45, 2.75) is 0 Å². The number of aromatic nitrogens is 3. The summed E-state index contributed by atoms with van der Waals surface area (Å²) >= 11 is 0. The summed E-state index contributed by atoms with van der Waals surface area (Å²) in [6.07, 6.45) is 4.02. The summed E-state index contributed by atoms with van der Waals surface area (Å²) in [6.45, 7) is 0. The van der Waals surface area contributed by atoms with Gasteiger partial charge < -0.3 is 4.57 Å². The molecule has 172 valence electrons. The molecule has 0 fully saturated rings. The third kappa shape index (κ3) is 4.01. The molecule has 0 spiro atoms. The number of hydrogen-bond acceptors (Lipinski definition) is 4. The number of hydrogen-bond donors (Lipinski definition) is 0. The summed E-state index contributed by atoms with van der Waals surface area (Å²) in [5.74, 6) is 1.39. The Hall–Kier alpha value is -5.10. The summed E-state index contributed by atoms with van der Waals surface area (Å²) in [6, 6.07) is 34.6. The number of fused-ring (bicyclic) bond motifs is 1. The van der Waals surface area contributed by atoms with E-state index in [0.29, 0.717) is 11.4 Å². The minimum absolute atomic E-state index is 0.0899. The van der Waals surface area contributed by atoms with Crippen LogP contribution in [0.3, 0.4) is 0 Å². The van der Waals surface area contributed by atoms with Gasteiger partial charge in [0.05, 0.1) is 16.2 Å². The normalized spacial score (nSPS) is 11.0. The summed E-state index contributed by atoms with van der Waals surface area (Å²) in [7, 11) is 0. The van der Waals surface area contributed by atoms with Crippen molar-refractivity contribution in [3.05, 3.63) is 132 Å². The highest BCUT2D eigenvalue weighted by atomic mass is 16.6. The molecule has 0 N–H and O–H groups in total. The fourth-order valence-electron chi connectivity index (χ4n) is 4.36. The molecule has 0 unspecified atom stereocenters. The molecule has 4 aromatic carbocycles. The van der Waals surface area contributed by atoms with Crippen LogP contribution in [0.5, 0.6) is 0 Å². The molecule has 2 aromatic heterocycles. The quantitative estimate of drug-likeness (QED) is 0.196. The second-order valence-corrected chi connectivity index (χ2v) is 8.45. The molecule has 6 heteroatoms. The predicted octanol–water partition coefficient (Wildman–Crippen LogP) is 7.33. The number of rotatable bonds is 5. The summed E-state index contributed by atoms with van der Waals surface area (Å²) < 4.78 is 1.98. The third-order valence-corrected chi connectivity index (χ3v) is 6.13. The first kappa shape index (κ1) is 21.4. The lowest BCUT2D eigenvalue weighted by atomic mass is 10.0. The van der Waals surface area contributed by atoms with Crippen LogP contribution in [-0.2, 0) is 0 Å². The van der Waals surface area contributed by atoms with Crippen molar-refractivity contribution in [2.75, 3.05) is 0 Å². The molecule has 0 amide bonds. The Balaban J connectivity index is 1.48. The van der Waals surface area contributed by atoms with E-state index < -0.39 is 0 Å². The largest absolute Gasteiger partial charge is 0.307 e. The van der Waals surface area contributed by atoms with Crippen LogP contribution in [-0.4, -0.2) is 19.5 Å². The zero-order valence-electron chi connectivity index (χ0n) is 19.2. The maximum Gasteiger partial charge on any atom is 0.277 e. The number of nitrogens with zero attached hydrogens (tertiary/aromatic N) is 4. The van der Waals surface area contributed by atoms with Gasteiger partial charge in [-0.3, -0.25) is 10.1 Å². The molecular weight excluding hydrogens is 448 g/mol. The molecule has 0 saturated heterocycles. The molecule has 0 bridgehead atoms. The van der Waals surface area contributed by atoms with Gasteiger partial charge in [-0.15, -0.1) is 0 Å². The molecule has 2 heterocycles. The molecule has 0 radical (unpaired) electrons.